The second-order valence-electron chi connectivity index (χ2n) is 8.62. The third-order valence-corrected chi connectivity index (χ3v) is 6.73. The number of carbonyl (C=O) groups excluding carboxylic acids is 2. The zero-order valence-corrected chi connectivity index (χ0v) is 20.4. The van der Waals surface area contributed by atoms with Crippen LogP contribution in [0.5, 0.6) is 5.75 Å². The minimum Gasteiger partial charge on any atom is -0.489 e. The second-order valence-corrected chi connectivity index (χ2v) is 9.47. The quantitative estimate of drug-likeness (QED) is 0.620. The Bertz CT molecular complexity index is 1060. The molecule has 7 nitrogen and oxygen atoms in total. The fourth-order valence-electron chi connectivity index (χ4n) is 4.49. The molecule has 1 unspecified atom stereocenters. The first-order valence-electron chi connectivity index (χ1n) is 11.4. The van der Waals surface area contributed by atoms with Crippen molar-refractivity contribution >= 4 is 46.5 Å². The van der Waals surface area contributed by atoms with E-state index in [4.69, 9.17) is 27.9 Å². The smallest absolute Gasteiger partial charge is 0.247 e. The van der Waals surface area contributed by atoms with Gasteiger partial charge >= 0.3 is 0 Å². The number of aromatic nitrogens is 1. The van der Waals surface area contributed by atoms with E-state index in [2.05, 4.69) is 10.3 Å². The predicted octanol–water partition coefficient (Wildman–Crippen LogP) is 4.91. The van der Waals surface area contributed by atoms with Gasteiger partial charge in [0.2, 0.25) is 11.8 Å². The summed E-state index contributed by atoms with van der Waals surface area (Å²) in [6.45, 7) is 3.27. The molecule has 2 aromatic rings. The van der Waals surface area contributed by atoms with Gasteiger partial charge in [0.05, 0.1) is 10.0 Å². The van der Waals surface area contributed by atoms with Gasteiger partial charge in [0.1, 0.15) is 17.9 Å². The monoisotopic (exact) mass is 508 g/mol. The number of rotatable bonds is 5. The average molecular weight is 509 g/mol. The summed E-state index contributed by atoms with van der Waals surface area (Å²) in [5.41, 5.74) is 0.551. The van der Waals surface area contributed by atoms with Crippen molar-refractivity contribution in [3.63, 3.8) is 0 Å². The Labute approximate surface area is 208 Å². The maximum atomic E-state index is 14.2. The third-order valence-electron chi connectivity index (χ3n) is 6.23. The van der Waals surface area contributed by atoms with Gasteiger partial charge < -0.3 is 19.9 Å². The van der Waals surface area contributed by atoms with E-state index in [1.54, 1.807) is 23.1 Å². The first-order chi connectivity index (χ1) is 16.3. The molecule has 4 rings (SSSR count). The molecule has 3 heterocycles. The molecule has 1 aromatic carbocycles. The number of hydrogen-bond donors (Lipinski definition) is 1. The van der Waals surface area contributed by atoms with Crippen LogP contribution in [0.25, 0.3) is 0 Å². The molecule has 1 atom stereocenters. The highest BCUT2D eigenvalue weighted by molar-refractivity contribution is 6.32. The third kappa shape index (κ3) is 5.73. The molecule has 1 aromatic heterocycles. The van der Waals surface area contributed by atoms with Crippen LogP contribution in [0.15, 0.2) is 30.5 Å². The SMILES string of the molecule is CC(=O)N1CCCCC1C(=O)Nc1ccc(OC2CCN(c3ncc(Cl)cc3F)CC2)c(Cl)c1. The van der Waals surface area contributed by atoms with Gasteiger partial charge in [0.15, 0.2) is 11.6 Å². The average Bonchev–Trinajstić information content (AvgIpc) is 2.81. The van der Waals surface area contributed by atoms with Gasteiger partial charge in [-0.3, -0.25) is 9.59 Å². The number of likely N-dealkylation sites (tertiary alicyclic amines) is 1. The molecule has 1 N–H and O–H groups in total. The van der Waals surface area contributed by atoms with E-state index in [-0.39, 0.29) is 22.9 Å². The maximum absolute atomic E-state index is 14.2. The van der Waals surface area contributed by atoms with E-state index in [0.29, 0.717) is 61.2 Å². The number of hydrogen-bond acceptors (Lipinski definition) is 5. The van der Waals surface area contributed by atoms with Crippen molar-refractivity contribution in [1.29, 1.82) is 0 Å². The van der Waals surface area contributed by atoms with Gasteiger partial charge in [-0.1, -0.05) is 23.2 Å². The molecule has 0 radical (unpaired) electrons. The Kier molecular flexibility index (Phi) is 7.78. The molecular weight excluding hydrogens is 482 g/mol. The summed E-state index contributed by atoms with van der Waals surface area (Å²) in [7, 11) is 0. The molecule has 2 amide bonds. The number of anilines is 2. The fourth-order valence-corrected chi connectivity index (χ4v) is 4.86. The van der Waals surface area contributed by atoms with Gasteiger partial charge in [-0.25, -0.2) is 9.37 Å². The van der Waals surface area contributed by atoms with Crippen LogP contribution in [-0.4, -0.2) is 53.5 Å². The van der Waals surface area contributed by atoms with Crippen molar-refractivity contribution < 1.29 is 18.7 Å². The molecule has 0 saturated carbocycles. The lowest BCUT2D eigenvalue weighted by atomic mass is 10.0. The number of piperidine rings is 2. The van der Waals surface area contributed by atoms with Gasteiger partial charge in [-0.15, -0.1) is 0 Å². The van der Waals surface area contributed by atoms with E-state index in [9.17, 15) is 14.0 Å². The van der Waals surface area contributed by atoms with Crippen LogP contribution < -0.4 is 15.0 Å². The number of halogens is 3. The maximum Gasteiger partial charge on any atom is 0.247 e. The van der Waals surface area contributed by atoms with E-state index in [1.807, 2.05) is 4.90 Å². The van der Waals surface area contributed by atoms with Crippen LogP contribution >= 0.6 is 23.2 Å². The van der Waals surface area contributed by atoms with Crippen molar-refractivity contribution in [3.05, 3.63) is 46.3 Å². The lowest BCUT2D eigenvalue weighted by Gasteiger charge is -2.34. The van der Waals surface area contributed by atoms with Gasteiger partial charge in [0.25, 0.3) is 0 Å². The Morgan fingerprint density at radius 1 is 1.12 bits per heavy atom. The lowest BCUT2D eigenvalue weighted by molar-refractivity contribution is -0.138. The Morgan fingerprint density at radius 2 is 1.88 bits per heavy atom. The zero-order valence-electron chi connectivity index (χ0n) is 18.9. The Balaban J connectivity index is 1.33. The molecule has 2 fully saturated rings. The summed E-state index contributed by atoms with van der Waals surface area (Å²) >= 11 is 12.2. The van der Waals surface area contributed by atoms with Crippen LogP contribution in [0.3, 0.4) is 0 Å². The zero-order chi connectivity index (χ0) is 24.2. The number of carbonyl (C=O) groups is 2. The van der Waals surface area contributed by atoms with E-state index in [1.165, 1.54) is 19.2 Å². The van der Waals surface area contributed by atoms with E-state index in [0.717, 1.165) is 12.8 Å². The highest BCUT2D eigenvalue weighted by atomic mass is 35.5. The first-order valence-corrected chi connectivity index (χ1v) is 12.2. The number of nitrogens with one attached hydrogen (secondary N) is 1. The van der Waals surface area contributed by atoms with E-state index >= 15 is 0 Å². The summed E-state index contributed by atoms with van der Waals surface area (Å²) in [6, 6.07) is 5.92. The highest BCUT2D eigenvalue weighted by Gasteiger charge is 2.30. The Hall–Kier alpha value is -2.58. The first kappa shape index (κ1) is 24.5. The molecule has 34 heavy (non-hydrogen) atoms. The number of nitrogens with zero attached hydrogens (tertiary/aromatic N) is 3. The Morgan fingerprint density at radius 3 is 2.56 bits per heavy atom. The molecule has 2 aliphatic rings. The largest absolute Gasteiger partial charge is 0.489 e. The van der Waals surface area contributed by atoms with Crippen molar-refractivity contribution in [3.8, 4) is 5.75 Å². The van der Waals surface area contributed by atoms with Crippen molar-refractivity contribution in [1.82, 2.24) is 9.88 Å². The van der Waals surface area contributed by atoms with Gasteiger partial charge in [-0.05, 0) is 43.5 Å². The van der Waals surface area contributed by atoms with Crippen LogP contribution in [-0.2, 0) is 9.59 Å². The number of benzene rings is 1. The lowest BCUT2D eigenvalue weighted by Crippen LogP contribution is -2.49. The van der Waals surface area contributed by atoms with Gasteiger partial charge in [-0.2, -0.15) is 0 Å². The normalized spacial score (nSPS) is 19.1. The highest BCUT2D eigenvalue weighted by Crippen LogP contribution is 2.31. The molecule has 2 saturated heterocycles. The number of pyridine rings is 1. The van der Waals surface area contributed by atoms with Crippen molar-refractivity contribution in [2.24, 2.45) is 0 Å². The molecule has 0 bridgehead atoms. The molecule has 0 aliphatic carbocycles. The van der Waals surface area contributed by atoms with Crippen LogP contribution in [0, 0.1) is 5.82 Å². The molecular formula is C24H27Cl2FN4O3. The second kappa shape index (κ2) is 10.8. The van der Waals surface area contributed by atoms with E-state index < -0.39 is 11.9 Å². The molecule has 182 valence electrons. The minimum absolute atomic E-state index is 0.0732. The van der Waals surface area contributed by atoms with Gasteiger partial charge in [0, 0.05) is 51.3 Å². The summed E-state index contributed by atoms with van der Waals surface area (Å²) < 4.78 is 20.2. The summed E-state index contributed by atoms with van der Waals surface area (Å²) in [6.07, 6.45) is 5.20. The summed E-state index contributed by atoms with van der Waals surface area (Å²) in [5.74, 6) is 0.0729. The number of ether oxygens (including phenoxy) is 1. The van der Waals surface area contributed by atoms with Crippen molar-refractivity contribution in [2.45, 2.75) is 51.2 Å². The standard InChI is InChI=1S/C24H27Cl2FN4O3/c1-15(32)31-9-3-2-4-21(31)24(33)29-17-5-6-22(19(26)13-17)34-18-7-10-30(11-8-18)23-20(27)12-16(25)14-28-23/h5-6,12-14,18,21H,2-4,7-11H2,1H3,(H,29,33). The summed E-state index contributed by atoms with van der Waals surface area (Å²) in [5, 5.41) is 3.52. The molecule has 10 heteroatoms. The minimum atomic E-state index is -0.467. The topological polar surface area (TPSA) is 74.8 Å². The number of amides is 2. The van der Waals surface area contributed by atoms with Crippen LogP contribution in [0.2, 0.25) is 10.0 Å². The fraction of sp³-hybridized carbons (Fsp3) is 0.458. The van der Waals surface area contributed by atoms with Crippen LogP contribution in [0.1, 0.15) is 39.0 Å². The summed E-state index contributed by atoms with van der Waals surface area (Å²) in [4.78, 5) is 32.2. The molecule has 0 spiro atoms. The van der Waals surface area contributed by atoms with Crippen LogP contribution in [0.4, 0.5) is 15.9 Å². The molecule has 2 aliphatic heterocycles. The van der Waals surface area contributed by atoms with Crippen molar-refractivity contribution in [2.75, 3.05) is 29.9 Å². The predicted molar refractivity (Wildman–Crippen MR) is 130 cm³/mol.